The largest absolute Gasteiger partial charge is 0.363 e. The maximum Gasteiger partial charge on any atom is 0.256 e. The van der Waals surface area contributed by atoms with Crippen LogP contribution in [0.1, 0.15) is 34.5 Å². The zero-order valence-corrected chi connectivity index (χ0v) is 15.7. The highest BCUT2D eigenvalue weighted by Gasteiger charge is 2.32. The Kier molecular flexibility index (Phi) is 5.45. The lowest BCUT2D eigenvalue weighted by atomic mass is 9.96. The van der Waals surface area contributed by atoms with Gasteiger partial charge in [0.15, 0.2) is 6.10 Å². The average molecular weight is 389 g/mol. The van der Waals surface area contributed by atoms with Crippen LogP contribution in [0.15, 0.2) is 42.5 Å². The molecule has 2 heterocycles. The van der Waals surface area contributed by atoms with E-state index in [9.17, 15) is 13.6 Å². The highest BCUT2D eigenvalue weighted by Crippen LogP contribution is 2.37. The number of carbonyl (C=O) groups is 1. The van der Waals surface area contributed by atoms with Crippen molar-refractivity contribution in [3.63, 3.8) is 0 Å². The molecule has 142 valence electrons. The average Bonchev–Trinajstić information content (AvgIpc) is 2.95. The van der Waals surface area contributed by atoms with Gasteiger partial charge in [-0.25, -0.2) is 8.78 Å². The summed E-state index contributed by atoms with van der Waals surface area (Å²) >= 11 is 1.57. The molecule has 0 radical (unpaired) electrons. The molecular formula is C21H21F2NO2S. The third-order valence-electron chi connectivity index (χ3n) is 5.18. The highest BCUT2D eigenvalue weighted by molar-refractivity contribution is 7.99. The fourth-order valence-electron chi connectivity index (χ4n) is 3.76. The fraction of sp³-hybridized carbons (Fsp3) is 0.381. The van der Waals surface area contributed by atoms with Gasteiger partial charge in [0, 0.05) is 29.7 Å². The number of ether oxygens (including phenoxy) is 1. The SMILES string of the molecule is O=C(C1OCCc2ccccc21)N1CCSC(c2cc(F)ccc2F)CC1. The first-order chi connectivity index (χ1) is 13.1. The van der Waals surface area contributed by atoms with Gasteiger partial charge in [0.25, 0.3) is 5.91 Å². The van der Waals surface area contributed by atoms with Gasteiger partial charge in [-0.05, 0) is 42.2 Å². The molecule has 6 heteroatoms. The smallest absolute Gasteiger partial charge is 0.256 e. The van der Waals surface area contributed by atoms with Crippen molar-refractivity contribution >= 4 is 17.7 Å². The zero-order valence-electron chi connectivity index (χ0n) is 14.9. The number of hydrogen-bond acceptors (Lipinski definition) is 3. The van der Waals surface area contributed by atoms with Crippen LogP contribution >= 0.6 is 11.8 Å². The van der Waals surface area contributed by atoms with Gasteiger partial charge in [0.2, 0.25) is 0 Å². The molecular weight excluding hydrogens is 368 g/mol. The number of benzene rings is 2. The van der Waals surface area contributed by atoms with Gasteiger partial charge in [-0.2, -0.15) is 11.8 Å². The predicted molar refractivity (Wildman–Crippen MR) is 102 cm³/mol. The Balaban J connectivity index is 1.49. The first-order valence-electron chi connectivity index (χ1n) is 9.18. The van der Waals surface area contributed by atoms with E-state index in [0.29, 0.717) is 37.4 Å². The number of fused-ring (bicyclic) bond motifs is 1. The molecule has 1 saturated heterocycles. The molecule has 0 aliphatic carbocycles. The Morgan fingerprint density at radius 3 is 2.85 bits per heavy atom. The summed E-state index contributed by atoms with van der Waals surface area (Å²) in [6, 6.07) is 11.5. The van der Waals surface area contributed by atoms with E-state index in [1.54, 1.807) is 16.7 Å². The van der Waals surface area contributed by atoms with Crippen LogP contribution in [0.3, 0.4) is 0 Å². The number of hydrogen-bond donors (Lipinski definition) is 0. The van der Waals surface area contributed by atoms with E-state index in [-0.39, 0.29) is 11.2 Å². The van der Waals surface area contributed by atoms with E-state index in [1.807, 2.05) is 24.3 Å². The molecule has 1 amide bonds. The van der Waals surface area contributed by atoms with E-state index < -0.39 is 17.7 Å². The molecule has 4 rings (SSSR count). The molecule has 2 aliphatic heterocycles. The lowest BCUT2D eigenvalue weighted by Crippen LogP contribution is -2.39. The summed E-state index contributed by atoms with van der Waals surface area (Å²) < 4.78 is 33.5. The monoisotopic (exact) mass is 389 g/mol. The van der Waals surface area contributed by atoms with Crippen molar-refractivity contribution in [2.24, 2.45) is 0 Å². The number of amides is 1. The molecule has 2 unspecified atom stereocenters. The Morgan fingerprint density at radius 1 is 1.11 bits per heavy atom. The van der Waals surface area contributed by atoms with E-state index in [2.05, 4.69) is 0 Å². The van der Waals surface area contributed by atoms with Crippen LogP contribution in [-0.4, -0.2) is 36.3 Å². The molecule has 3 nitrogen and oxygen atoms in total. The van der Waals surface area contributed by atoms with Crippen molar-refractivity contribution in [3.8, 4) is 0 Å². The first-order valence-corrected chi connectivity index (χ1v) is 10.2. The van der Waals surface area contributed by atoms with E-state index in [1.165, 1.54) is 12.1 Å². The van der Waals surface area contributed by atoms with Gasteiger partial charge in [0.1, 0.15) is 11.6 Å². The number of rotatable bonds is 2. The minimum absolute atomic E-state index is 0.0388. The van der Waals surface area contributed by atoms with E-state index >= 15 is 0 Å². The summed E-state index contributed by atoms with van der Waals surface area (Å²) in [6.07, 6.45) is 0.837. The Hall–Kier alpha value is -1.92. The summed E-state index contributed by atoms with van der Waals surface area (Å²) in [5, 5.41) is -0.155. The number of thioether (sulfide) groups is 1. The normalized spacial score (nSPS) is 22.8. The molecule has 0 saturated carbocycles. The van der Waals surface area contributed by atoms with Gasteiger partial charge < -0.3 is 9.64 Å². The molecule has 2 aromatic rings. The maximum absolute atomic E-state index is 14.1. The van der Waals surface area contributed by atoms with Crippen molar-refractivity contribution in [3.05, 3.63) is 70.8 Å². The minimum atomic E-state index is -0.567. The molecule has 0 bridgehead atoms. The Bertz CT molecular complexity index is 845. The maximum atomic E-state index is 14.1. The zero-order chi connectivity index (χ0) is 18.8. The first kappa shape index (κ1) is 18.4. The van der Waals surface area contributed by atoms with Crippen LogP contribution in [0.2, 0.25) is 0 Å². The Labute approximate surface area is 161 Å². The van der Waals surface area contributed by atoms with E-state index in [0.717, 1.165) is 23.6 Å². The van der Waals surface area contributed by atoms with Crippen LogP contribution in [0, 0.1) is 11.6 Å². The standard InChI is InChI=1S/C21H21F2NO2S/c22-15-5-6-18(23)17(13-15)19-7-9-24(10-12-27-19)21(25)20-16-4-2-1-3-14(16)8-11-26-20/h1-6,13,19-20H,7-12H2. The highest BCUT2D eigenvalue weighted by atomic mass is 32.2. The lowest BCUT2D eigenvalue weighted by Gasteiger charge is -2.30. The molecule has 2 atom stereocenters. The molecule has 0 aromatic heterocycles. The minimum Gasteiger partial charge on any atom is -0.363 e. The van der Waals surface area contributed by atoms with Gasteiger partial charge in [-0.3, -0.25) is 4.79 Å². The van der Waals surface area contributed by atoms with Crippen molar-refractivity contribution in [1.29, 1.82) is 0 Å². The summed E-state index contributed by atoms with van der Waals surface area (Å²) in [7, 11) is 0. The van der Waals surface area contributed by atoms with Crippen LogP contribution in [0.5, 0.6) is 0 Å². The van der Waals surface area contributed by atoms with Crippen molar-refractivity contribution in [2.45, 2.75) is 24.2 Å². The van der Waals surface area contributed by atoms with Crippen molar-refractivity contribution in [1.82, 2.24) is 4.90 Å². The summed E-state index contributed by atoms with van der Waals surface area (Å²) in [5.41, 5.74) is 2.48. The second-order valence-electron chi connectivity index (χ2n) is 6.84. The van der Waals surface area contributed by atoms with Gasteiger partial charge in [-0.1, -0.05) is 24.3 Å². The molecule has 0 N–H and O–H groups in total. The molecule has 2 aromatic carbocycles. The summed E-state index contributed by atoms with van der Waals surface area (Å²) in [5.74, 6) is -0.182. The molecule has 1 fully saturated rings. The number of carbonyl (C=O) groups excluding carboxylic acids is 1. The number of halogens is 2. The predicted octanol–water partition coefficient (Wildman–Crippen LogP) is 4.29. The number of nitrogens with zero attached hydrogens (tertiary/aromatic N) is 1. The summed E-state index contributed by atoms with van der Waals surface area (Å²) in [6.45, 7) is 1.63. The van der Waals surface area contributed by atoms with Gasteiger partial charge in [-0.15, -0.1) is 0 Å². The van der Waals surface area contributed by atoms with Crippen LogP contribution in [0.4, 0.5) is 8.78 Å². The third kappa shape index (κ3) is 3.87. The molecule has 0 spiro atoms. The second-order valence-corrected chi connectivity index (χ2v) is 8.15. The second kappa shape index (κ2) is 7.98. The van der Waals surface area contributed by atoms with Crippen molar-refractivity contribution in [2.75, 3.05) is 25.4 Å². The van der Waals surface area contributed by atoms with Crippen LogP contribution in [-0.2, 0) is 16.0 Å². The Morgan fingerprint density at radius 2 is 1.96 bits per heavy atom. The van der Waals surface area contributed by atoms with Crippen molar-refractivity contribution < 1.29 is 18.3 Å². The van der Waals surface area contributed by atoms with E-state index in [4.69, 9.17) is 4.74 Å². The topological polar surface area (TPSA) is 29.5 Å². The van der Waals surface area contributed by atoms with Gasteiger partial charge >= 0.3 is 0 Å². The quantitative estimate of drug-likeness (QED) is 0.768. The third-order valence-corrected chi connectivity index (χ3v) is 6.49. The molecule has 27 heavy (non-hydrogen) atoms. The fourth-order valence-corrected chi connectivity index (χ4v) is 5.01. The van der Waals surface area contributed by atoms with Gasteiger partial charge in [0.05, 0.1) is 6.61 Å². The van der Waals surface area contributed by atoms with Crippen LogP contribution in [0.25, 0.3) is 0 Å². The molecule has 2 aliphatic rings. The lowest BCUT2D eigenvalue weighted by molar-refractivity contribution is -0.144. The van der Waals surface area contributed by atoms with Crippen LogP contribution < -0.4 is 0 Å². The summed E-state index contributed by atoms with van der Waals surface area (Å²) in [4.78, 5) is 14.9.